The number of aromatic carboxylic acids is 1. The van der Waals surface area contributed by atoms with E-state index >= 15 is 0 Å². The Morgan fingerprint density at radius 3 is 2.62 bits per heavy atom. The summed E-state index contributed by atoms with van der Waals surface area (Å²) in [6.07, 6.45) is 0.0211. The van der Waals surface area contributed by atoms with Gasteiger partial charge in [0, 0.05) is 19.2 Å². The first kappa shape index (κ1) is 20.4. The number of benzene rings is 2. The zero-order valence-electron chi connectivity index (χ0n) is 15.8. The fraction of sp³-hybridized carbons (Fsp3) is 0.200. The van der Waals surface area contributed by atoms with Gasteiger partial charge >= 0.3 is 5.97 Å². The smallest absolute Gasteiger partial charge is 0.335 e. The molecular formula is C20H19N3O5S. The van der Waals surface area contributed by atoms with E-state index in [1.54, 1.807) is 50.6 Å². The van der Waals surface area contributed by atoms with Crippen molar-refractivity contribution in [2.75, 3.05) is 19.5 Å². The molecule has 9 heteroatoms. The molecular weight excluding hydrogens is 394 g/mol. The van der Waals surface area contributed by atoms with Gasteiger partial charge in [-0.2, -0.15) is 0 Å². The van der Waals surface area contributed by atoms with Crippen molar-refractivity contribution < 1.29 is 24.2 Å². The van der Waals surface area contributed by atoms with E-state index in [9.17, 15) is 14.4 Å². The third-order valence-electron chi connectivity index (χ3n) is 4.24. The van der Waals surface area contributed by atoms with Gasteiger partial charge in [-0.05, 0) is 42.5 Å². The van der Waals surface area contributed by atoms with Crippen LogP contribution in [-0.4, -0.2) is 52.4 Å². The minimum absolute atomic E-state index is 0.0211. The van der Waals surface area contributed by atoms with Crippen molar-refractivity contribution >= 4 is 46.1 Å². The van der Waals surface area contributed by atoms with Crippen LogP contribution in [0.3, 0.4) is 0 Å². The number of amidine groups is 1. The molecule has 2 amide bonds. The summed E-state index contributed by atoms with van der Waals surface area (Å²) in [6.45, 7) is 0. The quantitative estimate of drug-likeness (QED) is 0.780. The lowest BCUT2D eigenvalue weighted by molar-refractivity contribution is -0.128. The first-order valence-corrected chi connectivity index (χ1v) is 9.55. The maximum atomic E-state index is 12.7. The van der Waals surface area contributed by atoms with Crippen LogP contribution in [0.5, 0.6) is 5.75 Å². The summed E-state index contributed by atoms with van der Waals surface area (Å²) in [5.74, 6) is -1.01. The molecule has 2 N–H and O–H groups in total. The summed E-state index contributed by atoms with van der Waals surface area (Å²) in [4.78, 5) is 42.0. The van der Waals surface area contributed by atoms with Gasteiger partial charge in [0.05, 0.1) is 18.4 Å². The lowest BCUT2D eigenvalue weighted by Gasteiger charge is -2.28. The lowest BCUT2D eigenvalue weighted by atomic mass is 10.2. The Morgan fingerprint density at radius 1 is 1.24 bits per heavy atom. The Hall–Kier alpha value is -3.33. The summed E-state index contributed by atoms with van der Waals surface area (Å²) in [5.41, 5.74) is 1.05. The molecule has 2 aromatic carbocycles. The summed E-state index contributed by atoms with van der Waals surface area (Å²) in [7, 11) is 3.18. The number of nitrogens with one attached hydrogen (secondary N) is 1. The van der Waals surface area contributed by atoms with Gasteiger partial charge in [0.1, 0.15) is 11.0 Å². The first-order valence-electron chi connectivity index (χ1n) is 8.67. The predicted octanol–water partition coefficient (Wildman–Crippen LogP) is 2.98. The molecule has 150 valence electrons. The monoisotopic (exact) mass is 413 g/mol. The summed E-state index contributed by atoms with van der Waals surface area (Å²) < 4.78 is 5.12. The lowest BCUT2D eigenvalue weighted by Crippen LogP contribution is -2.43. The summed E-state index contributed by atoms with van der Waals surface area (Å²) in [6, 6.07) is 13.0. The zero-order chi connectivity index (χ0) is 21.0. The molecule has 1 atom stereocenters. The number of hydrogen-bond acceptors (Lipinski definition) is 6. The number of aliphatic imine (C=N–C) groups is 1. The van der Waals surface area contributed by atoms with Crippen LogP contribution in [0.1, 0.15) is 16.8 Å². The molecule has 8 nitrogen and oxygen atoms in total. The number of amides is 2. The number of carbonyl (C=O) groups excluding carboxylic acids is 2. The number of anilines is 1. The SMILES string of the molecule is COc1ccc(N=C2SC(C(=O)Nc3cccc(C(=O)O)c3)CC(=O)N2C)cc1. The topological polar surface area (TPSA) is 108 Å². The predicted molar refractivity (Wildman–Crippen MR) is 111 cm³/mol. The Labute approximate surface area is 171 Å². The number of carboxylic acid groups (broad SMARTS) is 1. The van der Waals surface area contributed by atoms with Crippen molar-refractivity contribution in [1.82, 2.24) is 4.90 Å². The minimum atomic E-state index is -1.08. The Kier molecular flexibility index (Phi) is 6.18. The third-order valence-corrected chi connectivity index (χ3v) is 5.48. The molecule has 3 rings (SSSR count). The van der Waals surface area contributed by atoms with Gasteiger partial charge in [-0.15, -0.1) is 0 Å². The molecule has 1 unspecified atom stereocenters. The number of methoxy groups -OCH3 is 1. The summed E-state index contributed by atoms with van der Waals surface area (Å²) >= 11 is 1.18. The van der Waals surface area contributed by atoms with Gasteiger partial charge in [0.15, 0.2) is 5.17 Å². The molecule has 2 aromatic rings. The number of nitrogens with zero attached hydrogens (tertiary/aromatic N) is 2. The molecule has 0 saturated carbocycles. The van der Waals surface area contributed by atoms with E-state index in [4.69, 9.17) is 9.84 Å². The van der Waals surface area contributed by atoms with Crippen molar-refractivity contribution in [3.8, 4) is 5.75 Å². The number of ether oxygens (including phenoxy) is 1. The molecule has 0 aliphatic carbocycles. The second kappa shape index (κ2) is 8.78. The maximum absolute atomic E-state index is 12.7. The largest absolute Gasteiger partial charge is 0.497 e. The first-order chi connectivity index (χ1) is 13.9. The molecule has 1 aliphatic rings. The van der Waals surface area contributed by atoms with Crippen LogP contribution in [0.25, 0.3) is 0 Å². The molecule has 0 spiro atoms. The number of rotatable bonds is 5. The van der Waals surface area contributed by atoms with E-state index in [-0.39, 0.29) is 23.8 Å². The standard InChI is InChI=1S/C20H19N3O5S/c1-23-17(24)11-16(18(25)21-14-5-3-4-12(10-14)19(26)27)29-20(23)22-13-6-8-15(28-2)9-7-13/h3-10,16H,11H2,1-2H3,(H,21,25)(H,26,27). The molecule has 0 bridgehead atoms. The van der Waals surface area contributed by atoms with Gasteiger partial charge in [-0.1, -0.05) is 17.8 Å². The van der Waals surface area contributed by atoms with Crippen LogP contribution < -0.4 is 10.1 Å². The van der Waals surface area contributed by atoms with Crippen molar-refractivity contribution in [3.05, 3.63) is 54.1 Å². The molecule has 1 saturated heterocycles. The van der Waals surface area contributed by atoms with Crippen molar-refractivity contribution in [3.63, 3.8) is 0 Å². The number of thioether (sulfide) groups is 1. The van der Waals surface area contributed by atoms with Gasteiger partial charge < -0.3 is 15.2 Å². The second-order valence-electron chi connectivity index (χ2n) is 6.23. The fourth-order valence-electron chi connectivity index (χ4n) is 2.62. The Morgan fingerprint density at radius 2 is 1.97 bits per heavy atom. The van der Waals surface area contributed by atoms with E-state index in [1.807, 2.05) is 0 Å². The Bertz CT molecular complexity index is 974. The molecule has 0 radical (unpaired) electrons. The maximum Gasteiger partial charge on any atom is 0.335 e. The second-order valence-corrected chi connectivity index (χ2v) is 7.40. The van der Waals surface area contributed by atoms with Gasteiger partial charge in [0.2, 0.25) is 11.8 Å². The highest BCUT2D eigenvalue weighted by Gasteiger charge is 2.34. The van der Waals surface area contributed by atoms with Crippen LogP contribution in [-0.2, 0) is 9.59 Å². The van der Waals surface area contributed by atoms with Gasteiger partial charge in [-0.25, -0.2) is 9.79 Å². The van der Waals surface area contributed by atoms with E-state index < -0.39 is 11.2 Å². The summed E-state index contributed by atoms with van der Waals surface area (Å²) in [5, 5.41) is 11.5. The molecule has 1 fully saturated rings. The molecule has 1 aliphatic heterocycles. The third kappa shape index (κ3) is 4.94. The van der Waals surface area contributed by atoms with Crippen LogP contribution in [0.2, 0.25) is 0 Å². The van der Waals surface area contributed by atoms with E-state index in [2.05, 4.69) is 10.3 Å². The highest BCUT2D eigenvalue weighted by molar-refractivity contribution is 8.15. The average Bonchev–Trinajstić information content (AvgIpc) is 2.72. The fourth-order valence-corrected chi connectivity index (χ4v) is 3.68. The normalized spacial score (nSPS) is 17.9. The number of hydrogen-bond donors (Lipinski definition) is 2. The number of carbonyl (C=O) groups is 3. The highest BCUT2D eigenvalue weighted by Crippen LogP contribution is 2.29. The van der Waals surface area contributed by atoms with Crippen LogP contribution >= 0.6 is 11.8 Å². The Balaban J connectivity index is 1.76. The van der Waals surface area contributed by atoms with Crippen LogP contribution in [0.4, 0.5) is 11.4 Å². The van der Waals surface area contributed by atoms with Gasteiger partial charge in [0.25, 0.3) is 0 Å². The zero-order valence-corrected chi connectivity index (χ0v) is 16.6. The van der Waals surface area contributed by atoms with Crippen LogP contribution in [0.15, 0.2) is 53.5 Å². The highest BCUT2D eigenvalue weighted by atomic mass is 32.2. The molecule has 29 heavy (non-hydrogen) atoms. The average molecular weight is 413 g/mol. The van der Waals surface area contributed by atoms with Crippen molar-refractivity contribution in [1.29, 1.82) is 0 Å². The van der Waals surface area contributed by atoms with Crippen LogP contribution in [0, 0.1) is 0 Å². The van der Waals surface area contributed by atoms with E-state index in [0.717, 1.165) is 0 Å². The van der Waals surface area contributed by atoms with Crippen molar-refractivity contribution in [2.24, 2.45) is 4.99 Å². The number of carboxylic acids is 1. The van der Waals surface area contributed by atoms with Gasteiger partial charge in [-0.3, -0.25) is 14.5 Å². The van der Waals surface area contributed by atoms with Crippen molar-refractivity contribution in [2.45, 2.75) is 11.7 Å². The molecule has 0 aromatic heterocycles. The molecule has 1 heterocycles. The van der Waals surface area contributed by atoms with E-state index in [0.29, 0.717) is 22.3 Å². The minimum Gasteiger partial charge on any atom is -0.497 e. The van der Waals surface area contributed by atoms with E-state index in [1.165, 1.54) is 28.8 Å².